The van der Waals surface area contributed by atoms with Crippen LogP contribution in [0.3, 0.4) is 0 Å². The molecule has 1 saturated heterocycles. The quantitative estimate of drug-likeness (QED) is 0.436. The largest absolute Gasteiger partial charge is 0.454 e. The lowest BCUT2D eigenvalue weighted by Gasteiger charge is -2.31. The Hall–Kier alpha value is -3.53. The SMILES string of the molecule is O=[N+]([O-])OC1CCN(c2nc(NCc3ccc4c(c3)OCO4)c3cc(Cl)ccc3n2)CC1. The highest BCUT2D eigenvalue weighted by atomic mass is 35.5. The molecule has 2 aromatic carbocycles. The van der Waals surface area contributed by atoms with E-state index in [4.69, 9.17) is 35.9 Å². The number of nitrogens with one attached hydrogen (secondary N) is 1. The fourth-order valence-electron chi connectivity index (χ4n) is 3.88. The van der Waals surface area contributed by atoms with Crippen LogP contribution in [0.5, 0.6) is 11.5 Å². The molecule has 0 aliphatic carbocycles. The van der Waals surface area contributed by atoms with Crippen LogP contribution in [-0.4, -0.2) is 41.0 Å². The summed E-state index contributed by atoms with van der Waals surface area (Å²) in [5.74, 6) is 2.68. The van der Waals surface area contributed by atoms with Crippen LogP contribution in [0.15, 0.2) is 36.4 Å². The predicted molar refractivity (Wildman–Crippen MR) is 118 cm³/mol. The molecular weight excluding hydrogens is 438 g/mol. The number of nitrogens with zero attached hydrogens (tertiary/aromatic N) is 4. The van der Waals surface area contributed by atoms with Crippen molar-refractivity contribution in [2.75, 3.05) is 30.1 Å². The van der Waals surface area contributed by atoms with Crippen LogP contribution in [0.2, 0.25) is 5.02 Å². The number of hydrogen-bond acceptors (Lipinski definition) is 9. The number of hydrogen-bond donors (Lipinski definition) is 1. The number of ether oxygens (including phenoxy) is 2. The number of halogens is 1. The standard InChI is InChI=1S/C21H20ClN5O5/c22-14-2-3-17-16(10-14)20(23-11-13-1-4-18-19(9-13)31-12-30-18)25-21(24-17)26-7-5-15(6-8-26)32-27(28)29/h1-4,9-10,15H,5-8,11-12H2,(H,23,24,25). The summed E-state index contributed by atoms with van der Waals surface area (Å²) in [4.78, 5) is 26.8. The number of benzene rings is 2. The van der Waals surface area contributed by atoms with Gasteiger partial charge in [-0.25, -0.2) is 4.98 Å². The number of rotatable bonds is 6. The zero-order chi connectivity index (χ0) is 22.1. The smallest absolute Gasteiger partial charge is 0.294 e. The Labute approximate surface area is 188 Å². The van der Waals surface area contributed by atoms with Crippen LogP contribution >= 0.6 is 11.6 Å². The van der Waals surface area contributed by atoms with E-state index in [9.17, 15) is 10.1 Å². The summed E-state index contributed by atoms with van der Waals surface area (Å²) < 4.78 is 10.8. The summed E-state index contributed by atoms with van der Waals surface area (Å²) in [6, 6.07) is 11.3. The van der Waals surface area contributed by atoms with Gasteiger partial charge in [0, 0.05) is 30.0 Å². The summed E-state index contributed by atoms with van der Waals surface area (Å²) in [7, 11) is 0. The van der Waals surface area contributed by atoms with Gasteiger partial charge in [-0.2, -0.15) is 4.98 Å². The number of fused-ring (bicyclic) bond motifs is 2. The van der Waals surface area contributed by atoms with Gasteiger partial charge in [0.1, 0.15) is 11.9 Å². The van der Waals surface area contributed by atoms with E-state index in [0.29, 0.717) is 49.3 Å². The molecule has 166 valence electrons. The molecule has 0 spiro atoms. The molecular formula is C21H20ClN5O5. The Morgan fingerprint density at radius 2 is 1.97 bits per heavy atom. The lowest BCUT2D eigenvalue weighted by molar-refractivity contribution is -0.769. The zero-order valence-electron chi connectivity index (χ0n) is 17.0. The third-order valence-corrected chi connectivity index (χ3v) is 5.74. The zero-order valence-corrected chi connectivity index (χ0v) is 17.7. The van der Waals surface area contributed by atoms with Crippen LogP contribution in [0, 0.1) is 10.1 Å². The summed E-state index contributed by atoms with van der Waals surface area (Å²) in [5, 5.41) is 14.7. The van der Waals surface area contributed by atoms with Gasteiger partial charge >= 0.3 is 0 Å². The fourth-order valence-corrected chi connectivity index (χ4v) is 4.06. The number of piperidine rings is 1. The van der Waals surface area contributed by atoms with Gasteiger partial charge in [0.25, 0.3) is 5.09 Å². The van der Waals surface area contributed by atoms with Crippen molar-refractivity contribution in [3.63, 3.8) is 0 Å². The molecule has 2 aliphatic rings. The maximum absolute atomic E-state index is 10.6. The molecule has 3 heterocycles. The van der Waals surface area contributed by atoms with Gasteiger partial charge in [-0.1, -0.05) is 17.7 Å². The van der Waals surface area contributed by atoms with E-state index in [1.807, 2.05) is 35.2 Å². The molecule has 0 atom stereocenters. The van der Waals surface area contributed by atoms with Crippen LogP contribution in [0.25, 0.3) is 10.9 Å². The molecule has 10 nitrogen and oxygen atoms in total. The minimum absolute atomic E-state index is 0.230. The van der Waals surface area contributed by atoms with Gasteiger partial charge in [-0.3, -0.25) is 0 Å². The molecule has 0 saturated carbocycles. The fraction of sp³-hybridized carbons (Fsp3) is 0.333. The molecule has 0 bridgehead atoms. The van der Waals surface area contributed by atoms with E-state index in [0.717, 1.165) is 28.0 Å². The second-order valence-electron chi connectivity index (χ2n) is 7.59. The van der Waals surface area contributed by atoms with Crippen LogP contribution in [-0.2, 0) is 11.4 Å². The highest BCUT2D eigenvalue weighted by molar-refractivity contribution is 6.31. The van der Waals surface area contributed by atoms with Gasteiger partial charge < -0.3 is 24.5 Å². The van der Waals surface area contributed by atoms with Crippen molar-refractivity contribution in [2.24, 2.45) is 0 Å². The average Bonchev–Trinajstić information content (AvgIpc) is 3.25. The highest BCUT2D eigenvalue weighted by Gasteiger charge is 2.24. The molecule has 1 N–H and O–H groups in total. The van der Waals surface area contributed by atoms with E-state index in [1.165, 1.54) is 0 Å². The van der Waals surface area contributed by atoms with Crippen LogP contribution < -0.4 is 19.7 Å². The first-order valence-electron chi connectivity index (χ1n) is 10.2. The normalized spacial score (nSPS) is 15.7. The monoisotopic (exact) mass is 457 g/mol. The van der Waals surface area contributed by atoms with E-state index in [2.05, 4.69) is 5.32 Å². The maximum Gasteiger partial charge on any atom is 0.294 e. The predicted octanol–water partition coefficient (Wildman–Crippen LogP) is 3.80. The van der Waals surface area contributed by atoms with E-state index in [-0.39, 0.29) is 6.79 Å². The third-order valence-electron chi connectivity index (χ3n) is 5.50. The van der Waals surface area contributed by atoms with E-state index >= 15 is 0 Å². The second-order valence-corrected chi connectivity index (χ2v) is 8.03. The van der Waals surface area contributed by atoms with Crippen molar-refractivity contribution in [1.29, 1.82) is 0 Å². The topological polar surface area (TPSA) is 112 Å². The summed E-state index contributed by atoms with van der Waals surface area (Å²) in [6.07, 6.45) is 0.662. The third kappa shape index (κ3) is 4.26. The van der Waals surface area contributed by atoms with E-state index in [1.54, 1.807) is 6.07 Å². The Balaban J connectivity index is 1.38. The molecule has 1 fully saturated rings. The Morgan fingerprint density at radius 3 is 2.78 bits per heavy atom. The first-order chi connectivity index (χ1) is 15.5. The van der Waals surface area contributed by atoms with Gasteiger partial charge in [-0.15, -0.1) is 10.1 Å². The Morgan fingerprint density at radius 1 is 1.16 bits per heavy atom. The van der Waals surface area contributed by atoms with Crippen molar-refractivity contribution in [1.82, 2.24) is 9.97 Å². The molecule has 11 heteroatoms. The lowest BCUT2D eigenvalue weighted by atomic mass is 10.1. The van der Waals surface area contributed by atoms with Gasteiger partial charge in [-0.05, 0) is 48.7 Å². The van der Waals surface area contributed by atoms with Crippen molar-refractivity contribution in [2.45, 2.75) is 25.5 Å². The van der Waals surface area contributed by atoms with Gasteiger partial charge in [0.2, 0.25) is 12.7 Å². The summed E-state index contributed by atoms with van der Waals surface area (Å²) in [5.41, 5.74) is 1.78. The van der Waals surface area contributed by atoms with Gasteiger partial charge in [0.05, 0.1) is 5.52 Å². The summed E-state index contributed by atoms with van der Waals surface area (Å²) >= 11 is 6.22. The number of aromatic nitrogens is 2. The highest BCUT2D eigenvalue weighted by Crippen LogP contribution is 2.33. The van der Waals surface area contributed by atoms with Crippen LogP contribution in [0.1, 0.15) is 18.4 Å². The van der Waals surface area contributed by atoms with Crippen molar-refractivity contribution in [3.05, 3.63) is 57.1 Å². The van der Waals surface area contributed by atoms with Crippen molar-refractivity contribution < 1.29 is 19.4 Å². The molecule has 2 aliphatic heterocycles. The molecule has 0 radical (unpaired) electrons. The molecule has 32 heavy (non-hydrogen) atoms. The maximum atomic E-state index is 10.6. The second kappa shape index (κ2) is 8.54. The van der Waals surface area contributed by atoms with Crippen molar-refractivity contribution >= 4 is 34.3 Å². The minimum Gasteiger partial charge on any atom is -0.454 e. The molecule has 3 aromatic rings. The van der Waals surface area contributed by atoms with Crippen LogP contribution in [0.4, 0.5) is 11.8 Å². The minimum atomic E-state index is -0.727. The van der Waals surface area contributed by atoms with E-state index < -0.39 is 11.2 Å². The van der Waals surface area contributed by atoms with Gasteiger partial charge in [0.15, 0.2) is 11.5 Å². The Kier molecular flexibility index (Phi) is 5.44. The Bertz CT molecular complexity index is 1170. The number of anilines is 2. The van der Waals surface area contributed by atoms with Crippen molar-refractivity contribution in [3.8, 4) is 11.5 Å². The molecule has 5 rings (SSSR count). The lowest BCUT2D eigenvalue weighted by Crippen LogP contribution is -2.38. The molecule has 0 amide bonds. The first-order valence-corrected chi connectivity index (χ1v) is 10.6. The summed E-state index contributed by atoms with van der Waals surface area (Å²) in [6.45, 7) is 1.89. The molecule has 1 aromatic heterocycles. The first kappa shape index (κ1) is 20.4. The average molecular weight is 458 g/mol. The molecule has 0 unspecified atom stereocenters.